The van der Waals surface area contributed by atoms with Gasteiger partial charge in [-0.15, -0.1) is 10.2 Å². The number of nitrogens with zero attached hydrogens (tertiary/aromatic N) is 3. The van der Waals surface area contributed by atoms with Gasteiger partial charge >= 0.3 is 0 Å². The maximum Gasteiger partial charge on any atom is 0.234 e. The summed E-state index contributed by atoms with van der Waals surface area (Å²) in [7, 11) is 0. The molecule has 7 heteroatoms. The van der Waals surface area contributed by atoms with E-state index < -0.39 is 0 Å². The van der Waals surface area contributed by atoms with E-state index in [-0.39, 0.29) is 11.7 Å². The first-order valence-electron chi connectivity index (χ1n) is 10.6. The molecule has 0 aliphatic rings. The molecule has 1 heterocycles. The summed E-state index contributed by atoms with van der Waals surface area (Å²) in [5, 5.41) is 14.4. The van der Waals surface area contributed by atoms with E-state index in [1.165, 1.54) is 17.3 Å². The van der Waals surface area contributed by atoms with E-state index in [2.05, 4.69) is 28.5 Å². The maximum absolute atomic E-state index is 12.6. The number of aryl methyl sites for hydroxylation is 1. The highest BCUT2D eigenvalue weighted by Crippen LogP contribution is 2.25. The summed E-state index contributed by atoms with van der Waals surface area (Å²) in [5.41, 5.74) is 3.12. The third kappa shape index (κ3) is 4.78. The predicted molar refractivity (Wildman–Crippen MR) is 129 cm³/mol. The molecule has 0 bridgehead atoms. The van der Waals surface area contributed by atoms with Crippen LogP contribution in [0.2, 0.25) is 0 Å². The minimum atomic E-state index is -0.0785. The Hall–Kier alpha value is -3.32. The van der Waals surface area contributed by atoms with Gasteiger partial charge in [-0.25, -0.2) is 0 Å². The van der Waals surface area contributed by atoms with Crippen molar-refractivity contribution in [2.24, 2.45) is 0 Å². The van der Waals surface area contributed by atoms with E-state index in [1.54, 1.807) is 0 Å². The molecule has 1 N–H and O–H groups in total. The summed E-state index contributed by atoms with van der Waals surface area (Å²) in [5.74, 6) is 1.76. The average molecular weight is 447 g/mol. The molecule has 4 aromatic rings. The fraction of sp³-hybridized carbons (Fsp3) is 0.240. The minimum Gasteiger partial charge on any atom is -0.485 e. The van der Waals surface area contributed by atoms with Gasteiger partial charge < -0.3 is 14.6 Å². The minimum absolute atomic E-state index is 0.0785. The monoisotopic (exact) mass is 446 g/mol. The lowest BCUT2D eigenvalue weighted by atomic mass is 10.1. The Kier molecular flexibility index (Phi) is 6.75. The number of amides is 1. The third-order valence-electron chi connectivity index (χ3n) is 5.42. The van der Waals surface area contributed by atoms with E-state index in [4.69, 9.17) is 4.74 Å². The van der Waals surface area contributed by atoms with Crippen LogP contribution in [-0.2, 0) is 17.9 Å². The van der Waals surface area contributed by atoms with Crippen molar-refractivity contribution in [3.63, 3.8) is 0 Å². The number of fused-ring (bicyclic) bond motifs is 1. The van der Waals surface area contributed by atoms with Crippen LogP contribution in [0.5, 0.6) is 5.75 Å². The van der Waals surface area contributed by atoms with E-state index in [0.29, 0.717) is 18.3 Å². The first-order chi connectivity index (χ1) is 15.6. The molecule has 0 aliphatic heterocycles. The second kappa shape index (κ2) is 9.87. The van der Waals surface area contributed by atoms with Crippen molar-refractivity contribution in [3.05, 3.63) is 77.6 Å². The number of hydrogen-bond acceptors (Lipinski definition) is 5. The van der Waals surface area contributed by atoms with Crippen LogP contribution >= 0.6 is 11.8 Å². The summed E-state index contributed by atoms with van der Waals surface area (Å²) in [6.45, 7) is 7.17. The van der Waals surface area contributed by atoms with Gasteiger partial charge in [0.15, 0.2) is 11.0 Å². The molecule has 0 atom stereocenters. The van der Waals surface area contributed by atoms with Crippen LogP contribution in [0.25, 0.3) is 10.8 Å². The molecule has 0 saturated heterocycles. The van der Waals surface area contributed by atoms with E-state index in [0.717, 1.165) is 33.6 Å². The van der Waals surface area contributed by atoms with Gasteiger partial charge in [-0.05, 0) is 49.4 Å². The first kappa shape index (κ1) is 21.9. The van der Waals surface area contributed by atoms with Crippen molar-refractivity contribution in [2.75, 3.05) is 11.1 Å². The molecular weight excluding hydrogens is 420 g/mol. The lowest BCUT2D eigenvalue weighted by Gasteiger charge is -2.12. The number of thioether (sulfide) groups is 1. The quantitative estimate of drug-likeness (QED) is 0.368. The summed E-state index contributed by atoms with van der Waals surface area (Å²) in [4.78, 5) is 12.6. The number of nitrogens with one attached hydrogen (secondary N) is 1. The molecule has 0 spiro atoms. The number of hydrogen-bond donors (Lipinski definition) is 1. The van der Waals surface area contributed by atoms with E-state index in [9.17, 15) is 4.79 Å². The zero-order chi connectivity index (χ0) is 22.5. The van der Waals surface area contributed by atoms with Crippen LogP contribution in [0, 0.1) is 13.8 Å². The number of carbonyl (C=O) groups excluding carboxylic acids is 1. The summed E-state index contributed by atoms with van der Waals surface area (Å²) in [6.07, 6.45) is 0. The molecule has 1 aromatic heterocycles. The predicted octanol–water partition coefficient (Wildman–Crippen LogP) is 5.38. The number of benzene rings is 3. The Balaban J connectivity index is 1.39. The van der Waals surface area contributed by atoms with E-state index in [1.807, 2.05) is 73.0 Å². The van der Waals surface area contributed by atoms with Crippen molar-refractivity contribution >= 4 is 34.1 Å². The van der Waals surface area contributed by atoms with Crippen molar-refractivity contribution in [2.45, 2.75) is 39.1 Å². The third-order valence-corrected chi connectivity index (χ3v) is 6.38. The maximum atomic E-state index is 12.6. The normalized spacial score (nSPS) is 11.0. The number of carbonyl (C=O) groups is 1. The molecule has 0 fully saturated rings. The summed E-state index contributed by atoms with van der Waals surface area (Å²) >= 11 is 1.37. The molecular formula is C25H26N4O2S. The Morgan fingerprint density at radius 3 is 2.66 bits per heavy atom. The van der Waals surface area contributed by atoms with Crippen LogP contribution < -0.4 is 10.1 Å². The number of anilines is 1. The standard InChI is InChI=1S/C25H26N4O2S/c1-4-29-23(15-31-22-14-7-9-17(2)18(22)3)27-28-25(29)32-16-24(30)26-21-13-8-11-19-10-5-6-12-20(19)21/h5-14H,4,15-16H2,1-3H3,(H,26,30). The summed E-state index contributed by atoms with van der Waals surface area (Å²) < 4.78 is 7.98. The van der Waals surface area contributed by atoms with Crippen LogP contribution in [0.1, 0.15) is 23.9 Å². The van der Waals surface area contributed by atoms with Crippen LogP contribution in [0.15, 0.2) is 65.8 Å². The lowest BCUT2D eigenvalue weighted by Crippen LogP contribution is -2.15. The van der Waals surface area contributed by atoms with Crippen LogP contribution in [0.4, 0.5) is 5.69 Å². The van der Waals surface area contributed by atoms with Gasteiger partial charge in [0.2, 0.25) is 5.91 Å². The molecule has 164 valence electrons. The van der Waals surface area contributed by atoms with E-state index >= 15 is 0 Å². The van der Waals surface area contributed by atoms with Crippen LogP contribution in [0.3, 0.4) is 0 Å². The number of aromatic nitrogens is 3. The molecule has 4 rings (SSSR count). The molecule has 0 aliphatic carbocycles. The smallest absolute Gasteiger partial charge is 0.234 e. The van der Waals surface area contributed by atoms with Gasteiger partial charge in [0.05, 0.1) is 5.75 Å². The highest BCUT2D eigenvalue weighted by Gasteiger charge is 2.15. The van der Waals surface area contributed by atoms with Gasteiger partial charge in [0.1, 0.15) is 12.4 Å². The van der Waals surface area contributed by atoms with Gasteiger partial charge in [-0.1, -0.05) is 60.3 Å². The van der Waals surface area contributed by atoms with Gasteiger partial charge in [-0.2, -0.15) is 0 Å². The van der Waals surface area contributed by atoms with Crippen molar-refractivity contribution in [1.29, 1.82) is 0 Å². The van der Waals surface area contributed by atoms with Gasteiger partial charge in [0, 0.05) is 17.6 Å². The SMILES string of the molecule is CCn1c(COc2cccc(C)c2C)nnc1SCC(=O)Nc1cccc2ccccc12. The molecule has 0 unspecified atom stereocenters. The fourth-order valence-electron chi connectivity index (χ4n) is 3.52. The molecule has 32 heavy (non-hydrogen) atoms. The Bertz CT molecular complexity index is 1250. The Morgan fingerprint density at radius 2 is 1.81 bits per heavy atom. The Morgan fingerprint density at radius 1 is 1.03 bits per heavy atom. The fourth-order valence-corrected chi connectivity index (χ4v) is 4.35. The Labute approximate surface area is 192 Å². The number of ether oxygens (including phenoxy) is 1. The number of rotatable bonds is 8. The second-order valence-corrected chi connectivity index (χ2v) is 8.44. The zero-order valence-electron chi connectivity index (χ0n) is 18.5. The first-order valence-corrected chi connectivity index (χ1v) is 11.6. The second-order valence-electron chi connectivity index (χ2n) is 7.49. The molecule has 0 radical (unpaired) electrons. The average Bonchev–Trinajstić information content (AvgIpc) is 3.20. The molecule has 1 amide bonds. The van der Waals surface area contributed by atoms with Crippen LogP contribution in [-0.4, -0.2) is 26.4 Å². The zero-order valence-corrected chi connectivity index (χ0v) is 19.3. The topological polar surface area (TPSA) is 69.0 Å². The molecule has 0 saturated carbocycles. The highest BCUT2D eigenvalue weighted by molar-refractivity contribution is 7.99. The molecule has 6 nitrogen and oxygen atoms in total. The van der Waals surface area contributed by atoms with Gasteiger partial charge in [-0.3, -0.25) is 4.79 Å². The lowest BCUT2D eigenvalue weighted by molar-refractivity contribution is -0.113. The molecule has 3 aromatic carbocycles. The highest BCUT2D eigenvalue weighted by atomic mass is 32.2. The largest absolute Gasteiger partial charge is 0.485 e. The van der Waals surface area contributed by atoms with Crippen molar-refractivity contribution in [1.82, 2.24) is 14.8 Å². The van der Waals surface area contributed by atoms with Crippen molar-refractivity contribution in [3.8, 4) is 5.75 Å². The summed E-state index contributed by atoms with van der Waals surface area (Å²) in [6, 6.07) is 19.9. The van der Waals surface area contributed by atoms with Gasteiger partial charge in [0.25, 0.3) is 0 Å². The van der Waals surface area contributed by atoms with Crippen molar-refractivity contribution < 1.29 is 9.53 Å².